The zero-order chi connectivity index (χ0) is 23.0. The summed E-state index contributed by atoms with van der Waals surface area (Å²) in [5, 5.41) is 12.4. The number of hydrogen-bond donors (Lipinski definition) is 4. The summed E-state index contributed by atoms with van der Waals surface area (Å²) in [7, 11) is 0. The Labute approximate surface area is 185 Å². The molecule has 2 atom stereocenters. The zero-order valence-corrected chi connectivity index (χ0v) is 19.5. The van der Waals surface area contributed by atoms with E-state index in [0.29, 0.717) is 32.0 Å². The van der Waals surface area contributed by atoms with E-state index in [2.05, 4.69) is 26.3 Å². The van der Waals surface area contributed by atoms with Crippen molar-refractivity contribution in [3.05, 3.63) is 29.8 Å². The molecule has 2 rings (SSSR count). The van der Waals surface area contributed by atoms with Crippen LogP contribution in [0.5, 0.6) is 0 Å². The smallest absolute Gasteiger partial charge is 0.407 e. The van der Waals surface area contributed by atoms with E-state index < -0.39 is 11.7 Å². The maximum Gasteiger partial charge on any atom is 0.407 e. The Kier molecular flexibility index (Phi) is 8.71. The number of anilines is 1. The number of carbonyl (C=O) groups is 2. The first-order chi connectivity index (χ1) is 14.6. The highest BCUT2D eigenvalue weighted by Gasteiger charge is 2.25. The fourth-order valence-electron chi connectivity index (χ4n) is 3.32. The number of ether oxygens (including phenoxy) is 1. The molecule has 2 unspecified atom stereocenters. The normalized spacial score (nSPS) is 17.5. The van der Waals surface area contributed by atoms with Crippen molar-refractivity contribution >= 4 is 23.6 Å². The van der Waals surface area contributed by atoms with Crippen LogP contribution in [0.3, 0.4) is 0 Å². The van der Waals surface area contributed by atoms with Crippen LogP contribution in [0.25, 0.3) is 0 Å². The quantitative estimate of drug-likeness (QED) is 0.392. The maximum absolute atomic E-state index is 12.2. The van der Waals surface area contributed by atoms with Gasteiger partial charge in [0.1, 0.15) is 5.60 Å². The van der Waals surface area contributed by atoms with Gasteiger partial charge < -0.3 is 26.0 Å². The van der Waals surface area contributed by atoms with E-state index in [-0.39, 0.29) is 23.8 Å². The van der Waals surface area contributed by atoms with Crippen LogP contribution in [0.4, 0.5) is 10.5 Å². The standard InChI is InChI=1S/C23H37N5O3/c1-7-24-21(26-14-19(15(2)3)28-22(30)31-23(4,5)6)25-13-16-12-20(29)27-18-11-9-8-10-17(16)18/h8-11,15-16,19H,7,12-14H2,1-6H3,(H,27,29)(H,28,30)(H2,24,25,26). The molecule has 1 aliphatic heterocycles. The first-order valence-corrected chi connectivity index (χ1v) is 11.0. The van der Waals surface area contributed by atoms with E-state index in [1.54, 1.807) is 0 Å². The van der Waals surface area contributed by atoms with Crippen LogP contribution >= 0.6 is 0 Å². The lowest BCUT2D eigenvalue weighted by atomic mass is 9.90. The van der Waals surface area contributed by atoms with E-state index in [1.807, 2.05) is 65.8 Å². The van der Waals surface area contributed by atoms with Crippen molar-refractivity contribution in [3.8, 4) is 0 Å². The van der Waals surface area contributed by atoms with Crippen LogP contribution in [0.2, 0.25) is 0 Å². The number of rotatable bonds is 7. The predicted molar refractivity (Wildman–Crippen MR) is 124 cm³/mol. The molecule has 0 spiro atoms. The maximum atomic E-state index is 12.2. The van der Waals surface area contributed by atoms with E-state index in [4.69, 9.17) is 4.74 Å². The van der Waals surface area contributed by atoms with E-state index in [1.165, 1.54) is 0 Å². The van der Waals surface area contributed by atoms with Crippen LogP contribution in [0.15, 0.2) is 29.3 Å². The second-order valence-corrected chi connectivity index (χ2v) is 9.13. The van der Waals surface area contributed by atoms with Gasteiger partial charge in [0.15, 0.2) is 5.96 Å². The number of hydrogen-bond acceptors (Lipinski definition) is 4. The summed E-state index contributed by atoms with van der Waals surface area (Å²) >= 11 is 0. The van der Waals surface area contributed by atoms with Crippen LogP contribution in [-0.4, -0.2) is 49.2 Å². The van der Waals surface area contributed by atoms with Gasteiger partial charge in [-0.3, -0.25) is 9.79 Å². The summed E-state index contributed by atoms with van der Waals surface area (Å²) in [6.45, 7) is 13.3. The molecule has 1 aliphatic rings. The van der Waals surface area contributed by atoms with Crippen LogP contribution in [0, 0.1) is 5.92 Å². The first kappa shape index (κ1) is 24.5. The third-order valence-electron chi connectivity index (χ3n) is 4.92. The summed E-state index contributed by atoms with van der Waals surface area (Å²) < 4.78 is 5.38. The highest BCUT2D eigenvalue weighted by molar-refractivity contribution is 5.94. The number of nitrogens with one attached hydrogen (secondary N) is 4. The molecule has 0 bridgehead atoms. The number of alkyl carbamates (subject to hydrolysis) is 1. The molecule has 8 heteroatoms. The molecule has 0 saturated heterocycles. The highest BCUT2D eigenvalue weighted by Crippen LogP contribution is 2.31. The Morgan fingerprint density at radius 3 is 2.61 bits per heavy atom. The van der Waals surface area contributed by atoms with Crippen molar-refractivity contribution in [1.82, 2.24) is 16.0 Å². The molecule has 172 valence electrons. The van der Waals surface area contributed by atoms with Gasteiger partial charge in [0.05, 0.1) is 12.6 Å². The molecule has 2 amide bonds. The van der Waals surface area contributed by atoms with Gasteiger partial charge >= 0.3 is 6.09 Å². The van der Waals surface area contributed by atoms with Crippen molar-refractivity contribution in [2.45, 2.75) is 65.5 Å². The Morgan fingerprint density at radius 2 is 1.97 bits per heavy atom. The zero-order valence-electron chi connectivity index (χ0n) is 19.5. The van der Waals surface area contributed by atoms with Crippen LogP contribution in [-0.2, 0) is 9.53 Å². The minimum Gasteiger partial charge on any atom is -0.444 e. The molecular formula is C23H37N5O3. The van der Waals surface area contributed by atoms with Crippen molar-refractivity contribution in [2.24, 2.45) is 10.9 Å². The first-order valence-electron chi connectivity index (χ1n) is 11.0. The number of amides is 2. The van der Waals surface area contributed by atoms with Crippen molar-refractivity contribution in [1.29, 1.82) is 0 Å². The van der Waals surface area contributed by atoms with E-state index in [9.17, 15) is 9.59 Å². The minimum atomic E-state index is -0.548. The van der Waals surface area contributed by atoms with Gasteiger partial charge in [0.25, 0.3) is 0 Å². The van der Waals surface area contributed by atoms with Crippen molar-refractivity contribution in [2.75, 3.05) is 25.0 Å². The number of nitrogens with zero attached hydrogens (tertiary/aromatic N) is 1. The molecule has 0 fully saturated rings. The second kappa shape index (κ2) is 11.0. The number of guanidine groups is 1. The van der Waals surface area contributed by atoms with Gasteiger partial charge in [-0.05, 0) is 45.2 Å². The molecule has 0 saturated carbocycles. The molecule has 1 aromatic rings. The second-order valence-electron chi connectivity index (χ2n) is 9.13. The van der Waals surface area contributed by atoms with E-state index in [0.717, 1.165) is 11.3 Å². The van der Waals surface area contributed by atoms with Gasteiger partial charge in [0.2, 0.25) is 5.91 Å². The van der Waals surface area contributed by atoms with Gasteiger partial charge in [-0.1, -0.05) is 32.0 Å². The van der Waals surface area contributed by atoms with Gasteiger partial charge in [-0.15, -0.1) is 0 Å². The topological polar surface area (TPSA) is 104 Å². The fraction of sp³-hybridized carbons (Fsp3) is 0.609. The lowest BCUT2D eigenvalue weighted by Crippen LogP contribution is -2.45. The Morgan fingerprint density at radius 1 is 1.26 bits per heavy atom. The predicted octanol–water partition coefficient (Wildman–Crippen LogP) is 3.22. The van der Waals surface area contributed by atoms with Crippen LogP contribution in [0.1, 0.15) is 59.4 Å². The summed E-state index contributed by atoms with van der Waals surface area (Å²) in [6, 6.07) is 7.72. The molecular weight excluding hydrogens is 394 g/mol. The number of para-hydroxylation sites is 1. The molecule has 0 aliphatic carbocycles. The van der Waals surface area contributed by atoms with Gasteiger partial charge in [-0.2, -0.15) is 0 Å². The summed E-state index contributed by atoms with van der Waals surface area (Å²) in [4.78, 5) is 28.9. The van der Waals surface area contributed by atoms with Crippen LogP contribution < -0.4 is 21.3 Å². The Balaban J connectivity index is 2.02. The molecule has 0 radical (unpaired) electrons. The Hall–Kier alpha value is -2.77. The summed E-state index contributed by atoms with van der Waals surface area (Å²) in [6.07, 6.45) is -0.0118. The molecule has 31 heavy (non-hydrogen) atoms. The number of aliphatic imine (C=N–C) groups is 1. The minimum absolute atomic E-state index is 0.0221. The fourth-order valence-corrected chi connectivity index (χ4v) is 3.32. The summed E-state index contributed by atoms with van der Waals surface area (Å²) in [5.41, 5.74) is 1.44. The highest BCUT2D eigenvalue weighted by atomic mass is 16.6. The number of fused-ring (bicyclic) bond motifs is 1. The SMILES string of the molecule is CCNC(=NCC(NC(=O)OC(C)(C)C)C(C)C)NCC1CC(=O)Nc2ccccc21. The molecule has 0 aromatic heterocycles. The molecule has 1 aromatic carbocycles. The molecule has 1 heterocycles. The summed E-state index contributed by atoms with van der Waals surface area (Å²) in [5.74, 6) is 0.930. The third kappa shape index (κ3) is 8.11. The average molecular weight is 432 g/mol. The number of carbonyl (C=O) groups excluding carboxylic acids is 2. The average Bonchev–Trinajstić information content (AvgIpc) is 2.67. The number of benzene rings is 1. The molecule has 8 nitrogen and oxygen atoms in total. The van der Waals surface area contributed by atoms with Gasteiger partial charge in [0, 0.05) is 31.1 Å². The van der Waals surface area contributed by atoms with Crippen molar-refractivity contribution in [3.63, 3.8) is 0 Å². The van der Waals surface area contributed by atoms with Gasteiger partial charge in [-0.25, -0.2) is 4.79 Å². The Bertz CT molecular complexity index is 786. The largest absolute Gasteiger partial charge is 0.444 e. The molecule has 4 N–H and O–H groups in total. The van der Waals surface area contributed by atoms with Crippen molar-refractivity contribution < 1.29 is 14.3 Å². The lowest BCUT2D eigenvalue weighted by molar-refractivity contribution is -0.116. The lowest BCUT2D eigenvalue weighted by Gasteiger charge is -2.27. The monoisotopic (exact) mass is 431 g/mol. The van der Waals surface area contributed by atoms with E-state index >= 15 is 0 Å². The third-order valence-corrected chi connectivity index (χ3v) is 4.92.